The van der Waals surface area contributed by atoms with Crippen molar-refractivity contribution in [2.75, 3.05) is 0 Å². The van der Waals surface area contributed by atoms with E-state index in [9.17, 15) is 9.59 Å². The van der Waals surface area contributed by atoms with E-state index in [0.29, 0.717) is 0 Å². The van der Waals surface area contributed by atoms with Crippen molar-refractivity contribution in [2.45, 2.75) is 38.8 Å². The second kappa shape index (κ2) is 6.69. The Hall–Kier alpha value is -2.56. The predicted octanol–water partition coefficient (Wildman–Crippen LogP) is 3.88. The molecule has 2 aromatic rings. The summed E-state index contributed by atoms with van der Waals surface area (Å²) in [6.45, 7) is 5.28. The molecule has 0 bridgehead atoms. The zero-order valence-corrected chi connectivity index (χ0v) is 13.5. The van der Waals surface area contributed by atoms with E-state index in [1.165, 1.54) is 0 Å². The molecule has 0 saturated carbocycles. The van der Waals surface area contributed by atoms with Gasteiger partial charge in [-0.15, -0.1) is 0 Å². The summed E-state index contributed by atoms with van der Waals surface area (Å²) in [5, 5.41) is 13.8. The van der Waals surface area contributed by atoms with Gasteiger partial charge in [0.1, 0.15) is 5.60 Å². The molecule has 0 fully saturated rings. The van der Waals surface area contributed by atoms with Crippen LogP contribution in [0.25, 0.3) is 10.8 Å². The number of benzene rings is 2. The van der Waals surface area contributed by atoms with Crippen LogP contribution in [0, 0.1) is 0 Å². The van der Waals surface area contributed by atoms with Gasteiger partial charge in [0, 0.05) is 0 Å². The van der Waals surface area contributed by atoms with Gasteiger partial charge in [0.15, 0.2) is 0 Å². The number of carbonyl (C=O) groups excluding carboxylic acids is 1. The number of nitrogens with one attached hydrogen (secondary N) is 1. The molecule has 122 valence electrons. The number of carbonyl (C=O) groups is 2. The molecular weight excluding hydrogens is 294 g/mol. The maximum Gasteiger partial charge on any atom is 0.408 e. The largest absolute Gasteiger partial charge is 0.481 e. The van der Waals surface area contributed by atoms with Gasteiger partial charge in [0.25, 0.3) is 0 Å². The van der Waals surface area contributed by atoms with Crippen LogP contribution in [-0.4, -0.2) is 22.8 Å². The third kappa shape index (κ3) is 4.98. The molecule has 1 unspecified atom stereocenters. The Labute approximate surface area is 135 Å². The number of alkyl carbamates (subject to hydrolysis) is 1. The fraction of sp³-hybridized carbons (Fsp3) is 0.333. The average Bonchev–Trinajstić information content (AvgIpc) is 2.43. The molecule has 0 heterocycles. The zero-order chi connectivity index (χ0) is 17.0. The molecule has 0 aliphatic heterocycles. The number of amides is 1. The van der Waals surface area contributed by atoms with Gasteiger partial charge in [0.2, 0.25) is 0 Å². The zero-order valence-electron chi connectivity index (χ0n) is 13.5. The number of rotatable bonds is 4. The van der Waals surface area contributed by atoms with Gasteiger partial charge in [0.05, 0.1) is 12.5 Å². The first kappa shape index (κ1) is 16.8. The Morgan fingerprint density at radius 1 is 1.13 bits per heavy atom. The molecule has 2 rings (SSSR count). The predicted molar refractivity (Wildman–Crippen MR) is 88.3 cm³/mol. The van der Waals surface area contributed by atoms with Crippen LogP contribution in [0.5, 0.6) is 0 Å². The molecule has 2 N–H and O–H groups in total. The quantitative estimate of drug-likeness (QED) is 0.897. The highest BCUT2D eigenvalue weighted by molar-refractivity contribution is 5.83. The van der Waals surface area contributed by atoms with Crippen molar-refractivity contribution in [1.82, 2.24) is 5.32 Å². The van der Waals surface area contributed by atoms with Crippen LogP contribution in [0.1, 0.15) is 38.8 Å². The number of hydrogen-bond donors (Lipinski definition) is 2. The number of carboxylic acids is 1. The molecule has 23 heavy (non-hydrogen) atoms. The smallest absolute Gasteiger partial charge is 0.408 e. The van der Waals surface area contributed by atoms with Gasteiger partial charge in [-0.3, -0.25) is 4.79 Å². The first-order valence-corrected chi connectivity index (χ1v) is 7.44. The first-order chi connectivity index (χ1) is 10.7. The van der Waals surface area contributed by atoms with Crippen molar-refractivity contribution in [3.8, 4) is 0 Å². The lowest BCUT2D eigenvalue weighted by atomic mass is 10.00. The summed E-state index contributed by atoms with van der Waals surface area (Å²) in [6, 6.07) is 12.8. The Morgan fingerprint density at radius 3 is 2.39 bits per heavy atom. The van der Waals surface area contributed by atoms with Crippen LogP contribution in [0.15, 0.2) is 42.5 Å². The summed E-state index contributed by atoms with van der Waals surface area (Å²) >= 11 is 0. The SMILES string of the molecule is CC(C)(C)OC(=O)NC(CC(=O)O)c1ccc2ccccc2c1. The van der Waals surface area contributed by atoms with Crippen LogP contribution >= 0.6 is 0 Å². The monoisotopic (exact) mass is 315 g/mol. The van der Waals surface area contributed by atoms with Gasteiger partial charge < -0.3 is 15.2 Å². The summed E-state index contributed by atoms with van der Waals surface area (Å²) in [5.74, 6) is -0.987. The van der Waals surface area contributed by atoms with E-state index in [0.717, 1.165) is 16.3 Å². The molecule has 5 nitrogen and oxygen atoms in total. The van der Waals surface area contributed by atoms with Gasteiger partial charge >= 0.3 is 12.1 Å². The number of hydrogen-bond acceptors (Lipinski definition) is 3. The molecule has 1 atom stereocenters. The second-order valence-electron chi connectivity index (χ2n) is 6.40. The van der Waals surface area contributed by atoms with Crippen molar-refractivity contribution in [1.29, 1.82) is 0 Å². The van der Waals surface area contributed by atoms with E-state index in [4.69, 9.17) is 9.84 Å². The minimum atomic E-state index is -0.987. The van der Waals surface area contributed by atoms with E-state index in [1.54, 1.807) is 20.8 Å². The van der Waals surface area contributed by atoms with Gasteiger partial charge in [-0.1, -0.05) is 36.4 Å². The number of ether oxygens (including phenoxy) is 1. The summed E-state index contributed by atoms with van der Waals surface area (Å²) in [5.41, 5.74) is 0.0956. The van der Waals surface area contributed by atoms with Gasteiger partial charge in [-0.05, 0) is 43.2 Å². The molecule has 5 heteroatoms. The molecule has 0 saturated heterocycles. The van der Waals surface area contributed by atoms with Crippen LogP contribution in [0.3, 0.4) is 0 Å². The lowest BCUT2D eigenvalue weighted by Gasteiger charge is -2.23. The van der Waals surface area contributed by atoms with Crippen molar-refractivity contribution in [2.24, 2.45) is 0 Å². The average molecular weight is 315 g/mol. The molecule has 2 aromatic carbocycles. The number of carboxylic acid groups (broad SMARTS) is 1. The van der Waals surface area contributed by atoms with Crippen LogP contribution < -0.4 is 5.32 Å². The maximum absolute atomic E-state index is 12.0. The number of aliphatic carboxylic acids is 1. The van der Waals surface area contributed by atoms with Crippen molar-refractivity contribution >= 4 is 22.8 Å². The van der Waals surface area contributed by atoms with Crippen LogP contribution in [0.4, 0.5) is 4.79 Å². The van der Waals surface area contributed by atoms with E-state index in [-0.39, 0.29) is 6.42 Å². The Bertz CT molecular complexity index is 718. The van der Waals surface area contributed by atoms with E-state index < -0.39 is 23.7 Å². The first-order valence-electron chi connectivity index (χ1n) is 7.44. The third-order valence-electron chi connectivity index (χ3n) is 3.25. The second-order valence-corrected chi connectivity index (χ2v) is 6.40. The molecule has 0 aromatic heterocycles. The minimum Gasteiger partial charge on any atom is -0.481 e. The highest BCUT2D eigenvalue weighted by atomic mass is 16.6. The van der Waals surface area contributed by atoms with Crippen LogP contribution in [0.2, 0.25) is 0 Å². The normalized spacial score (nSPS) is 12.7. The Morgan fingerprint density at radius 2 is 1.78 bits per heavy atom. The maximum atomic E-state index is 12.0. The van der Waals surface area contributed by atoms with Crippen molar-refractivity contribution in [3.05, 3.63) is 48.0 Å². The fourth-order valence-electron chi connectivity index (χ4n) is 2.30. The Kier molecular flexibility index (Phi) is 4.89. The summed E-state index contributed by atoms with van der Waals surface area (Å²) in [6.07, 6.45) is -0.839. The van der Waals surface area contributed by atoms with Gasteiger partial charge in [-0.2, -0.15) is 0 Å². The highest BCUT2D eigenvalue weighted by Gasteiger charge is 2.22. The van der Waals surface area contributed by atoms with Crippen molar-refractivity contribution in [3.63, 3.8) is 0 Å². The van der Waals surface area contributed by atoms with E-state index >= 15 is 0 Å². The molecule has 0 radical (unpaired) electrons. The topological polar surface area (TPSA) is 75.6 Å². The van der Waals surface area contributed by atoms with Crippen LogP contribution in [-0.2, 0) is 9.53 Å². The highest BCUT2D eigenvalue weighted by Crippen LogP contribution is 2.23. The summed E-state index contributed by atoms with van der Waals surface area (Å²) in [7, 11) is 0. The van der Waals surface area contributed by atoms with Gasteiger partial charge in [-0.25, -0.2) is 4.79 Å². The lowest BCUT2D eigenvalue weighted by molar-refractivity contribution is -0.137. The molecule has 0 aliphatic rings. The molecular formula is C18H21NO4. The van der Waals surface area contributed by atoms with E-state index in [2.05, 4.69) is 5.32 Å². The fourth-order valence-corrected chi connectivity index (χ4v) is 2.30. The lowest BCUT2D eigenvalue weighted by Crippen LogP contribution is -2.35. The standard InChI is InChI=1S/C18H21NO4/c1-18(2,3)23-17(22)19-15(11-16(20)21)14-9-8-12-6-4-5-7-13(12)10-14/h4-10,15H,11H2,1-3H3,(H,19,22)(H,20,21). The third-order valence-corrected chi connectivity index (χ3v) is 3.25. The molecule has 0 spiro atoms. The Balaban J connectivity index is 2.25. The minimum absolute atomic E-state index is 0.211. The summed E-state index contributed by atoms with van der Waals surface area (Å²) < 4.78 is 5.22. The van der Waals surface area contributed by atoms with Crippen molar-refractivity contribution < 1.29 is 19.4 Å². The number of fused-ring (bicyclic) bond motifs is 1. The summed E-state index contributed by atoms with van der Waals surface area (Å²) in [4.78, 5) is 23.1. The molecule has 0 aliphatic carbocycles. The van der Waals surface area contributed by atoms with E-state index in [1.807, 2.05) is 42.5 Å². The molecule has 1 amide bonds.